The molecule has 1 aliphatic carbocycles. The number of aliphatic carboxylic acids is 1. The Labute approximate surface area is 83.3 Å². The Morgan fingerprint density at radius 3 is 2.83 bits per heavy atom. The Hall–Kier alpha value is -0.390. The molecule has 0 aromatic rings. The van der Waals surface area contributed by atoms with Crippen LogP contribution in [-0.2, 0) is 4.79 Å². The summed E-state index contributed by atoms with van der Waals surface area (Å²) in [7, 11) is 0. The number of hydrogen-bond acceptors (Lipinski definition) is 1. The molecule has 2 nitrogen and oxygen atoms in total. The van der Waals surface area contributed by atoms with Crippen LogP contribution in [0, 0.1) is 5.92 Å². The largest absolute Gasteiger partial charge is 0.481 e. The summed E-state index contributed by atoms with van der Waals surface area (Å²) in [6.45, 7) is 1.77. The Morgan fingerprint density at radius 2 is 2.33 bits per heavy atom. The van der Waals surface area contributed by atoms with E-state index in [4.69, 9.17) is 5.11 Å². The van der Waals surface area contributed by atoms with Crippen LogP contribution in [0.1, 0.15) is 6.92 Å². The highest BCUT2D eigenvalue weighted by molar-refractivity contribution is 14.1. The highest BCUT2D eigenvalue weighted by atomic mass is 127. The molecule has 0 aromatic heterocycles. The lowest BCUT2D eigenvalue weighted by Crippen LogP contribution is -2.25. The Balaban J connectivity index is 2.92. The third-order valence-electron chi connectivity index (χ3n) is 1.77. The molecule has 66 valence electrons. The van der Waals surface area contributed by atoms with E-state index in [0.717, 1.165) is 5.57 Å². The molecule has 0 amide bonds. The van der Waals surface area contributed by atoms with Crippen LogP contribution in [0.4, 0.5) is 4.39 Å². The zero-order valence-corrected chi connectivity index (χ0v) is 8.58. The molecule has 1 N–H and O–H groups in total. The fraction of sp³-hybridized carbons (Fsp3) is 0.375. The van der Waals surface area contributed by atoms with Crippen molar-refractivity contribution >= 4 is 28.6 Å². The van der Waals surface area contributed by atoms with Crippen LogP contribution < -0.4 is 0 Å². The van der Waals surface area contributed by atoms with Gasteiger partial charge < -0.3 is 5.11 Å². The second-order valence-electron chi connectivity index (χ2n) is 2.66. The van der Waals surface area contributed by atoms with Crippen molar-refractivity contribution < 1.29 is 14.3 Å². The predicted octanol–water partition coefficient (Wildman–Crippen LogP) is 2.30. The lowest BCUT2D eigenvalue weighted by Gasteiger charge is -2.18. The van der Waals surface area contributed by atoms with E-state index >= 15 is 0 Å². The van der Waals surface area contributed by atoms with Gasteiger partial charge >= 0.3 is 5.97 Å². The van der Waals surface area contributed by atoms with Crippen LogP contribution in [-0.4, -0.2) is 17.2 Å². The lowest BCUT2D eigenvalue weighted by molar-refractivity contribution is -0.141. The monoisotopic (exact) mass is 282 g/mol. The first-order valence-electron chi connectivity index (χ1n) is 3.45. The Kier molecular flexibility index (Phi) is 2.87. The molecular formula is C8H8FIO2. The van der Waals surface area contributed by atoms with Crippen molar-refractivity contribution in [3.63, 3.8) is 0 Å². The third kappa shape index (κ3) is 1.68. The van der Waals surface area contributed by atoms with Gasteiger partial charge in [-0.25, -0.2) is 4.39 Å². The molecule has 4 heteroatoms. The van der Waals surface area contributed by atoms with Gasteiger partial charge in [0.2, 0.25) is 0 Å². The zero-order valence-electron chi connectivity index (χ0n) is 6.42. The standard InChI is InChI=1S/C8H8FIO2/c1-4-2-3-5(8(11)12)6(9)7(4)10/h2-3,5-6H,1H3,(H,11,12). The van der Waals surface area contributed by atoms with Crippen molar-refractivity contribution in [1.29, 1.82) is 0 Å². The van der Waals surface area contributed by atoms with Crippen molar-refractivity contribution in [1.82, 2.24) is 0 Å². The molecule has 1 rings (SSSR count). The summed E-state index contributed by atoms with van der Waals surface area (Å²) in [5.41, 5.74) is 0.806. The van der Waals surface area contributed by atoms with E-state index in [9.17, 15) is 9.18 Å². The molecule has 0 aliphatic heterocycles. The summed E-state index contributed by atoms with van der Waals surface area (Å²) < 4.78 is 13.7. The maximum Gasteiger partial charge on any atom is 0.313 e. The Bertz CT molecular complexity index is 270. The van der Waals surface area contributed by atoms with Crippen LogP contribution in [0.15, 0.2) is 21.3 Å². The van der Waals surface area contributed by atoms with Crippen molar-refractivity contribution in [2.24, 2.45) is 5.92 Å². The molecule has 1 aliphatic rings. The summed E-state index contributed by atoms with van der Waals surface area (Å²) >= 11 is 1.85. The van der Waals surface area contributed by atoms with E-state index in [1.54, 1.807) is 13.0 Å². The zero-order chi connectivity index (χ0) is 9.30. The smallest absolute Gasteiger partial charge is 0.313 e. The number of carboxylic acids is 1. The van der Waals surface area contributed by atoms with E-state index < -0.39 is 18.1 Å². The van der Waals surface area contributed by atoms with E-state index in [1.165, 1.54) is 6.08 Å². The molecule has 2 atom stereocenters. The molecular weight excluding hydrogens is 274 g/mol. The maximum atomic E-state index is 13.2. The number of alkyl halides is 1. The van der Waals surface area contributed by atoms with Crippen molar-refractivity contribution in [2.75, 3.05) is 0 Å². The van der Waals surface area contributed by atoms with Crippen LogP contribution in [0.5, 0.6) is 0 Å². The van der Waals surface area contributed by atoms with E-state index in [2.05, 4.69) is 0 Å². The summed E-state index contributed by atoms with van der Waals surface area (Å²) in [6.07, 6.45) is 1.66. The minimum Gasteiger partial charge on any atom is -0.481 e. The van der Waals surface area contributed by atoms with Gasteiger partial charge in [0, 0.05) is 3.58 Å². The van der Waals surface area contributed by atoms with Gasteiger partial charge in [-0.05, 0) is 35.1 Å². The minimum absolute atomic E-state index is 0.488. The SMILES string of the molecule is CC1=C(I)C(F)C(C(=O)O)C=C1. The topological polar surface area (TPSA) is 37.3 Å². The first-order chi connectivity index (χ1) is 5.54. The molecule has 0 radical (unpaired) electrons. The van der Waals surface area contributed by atoms with Crippen LogP contribution >= 0.6 is 22.6 Å². The number of rotatable bonds is 1. The highest BCUT2D eigenvalue weighted by Gasteiger charge is 2.30. The third-order valence-corrected chi connectivity index (χ3v) is 3.22. The summed E-state index contributed by atoms with van der Waals surface area (Å²) in [5, 5.41) is 8.60. The van der Waals surface area contributed by atoms with Crippen molar-refractivity contribution in [2.45, 2.75) is 13.1 Å². The number of hydrogen-bond donors (Lipinski definition) is 1. The quantitative estimate of drug-likeness (QED) is 0.749. The number of carboxylic acid groups (broad SMARTS) is 1. The minimum atomic E-state index is -1.38. The fourth-order valence-electron chi connectivity index (χ4n) is 1.01. The van der Waals surface area contributed by atoms with Gasteiger partial charge in [0.1, 0.15) is 12.1 Å². The van der Waals surface area contributed by atoms with Crippen LogP contribution in [0.3, 0.4) is 0 Å². The predicted molar refractivity (Wildman–Crippen MR) is 51.9 cm³/mol. The van der Waals surface area contributed by atoms with Crippen LogP contribution in [0.25, 0.3) is 0 Å². The first kappa shape index (κ1) is 9.70. The van der Waals surface area contributed by atoms with Gasteiger partial charge in [-0.2, -0.15) is 0 Å². The van der Waals surface area contributed by atoms with Gasteiger partial charge in [0.05, 0.1) is 0 Å². The average molecular weight is 282 g/mol. The van der Waals surface area contributed by atoms with E-state index in [0.29, 0.717) is 3.58 Å². The molecule has 0 heterocycles. The first-order valence-corrected chi connectivity index (χ1v) is 4.53. The van der Waals surface area contributed by atoms with Gasteiger partial charge in [0.15, 0.2) is 0 Å². The fourth-order valence-corrected chi connectivity index (χ4v) is 1.57. The summed E-state index contributed by atoms with van der Waals surface area (Å²) in [5.74, 6) is -2.12. The summed E-state index contributed by atoms with van der Waals surface area (Å²) in [6, 6.07) is 0. The molecule has 0 saturated carbocycles. The Morgan fingerprint density at radius 1 is 1.75 bits per heavy atom. The molecule has 0 spiro atoms. The lowest BCUT2D eigenvalue weighted by atomic mass is 9.96. The second kappa shape index (κ2) is 3.55. The molecule has 0 bridgehead atoms. The number of halogens is 2. The van der Waals surface area contributed by atoms with Gasteiger partial charge in [0.25, 0.3) is 0 Å². The maximum absolute atomic E-state index is 13.2. The number of allylic oxidation sites excluding steroid dienone is 3. The van der Waals surface area contributed by atoms with Gasteiger partial charge in [-0.1, -0.05) is 12.2 Å². The molecule has 0 fully saturated rings. The van der Waals surface area contributed by atoms with E-state index in [1.807, 2.05) is 22.6 Å². The molecule has 0 aromatic carbocycles. The molecule has 2 unspecified atom stereocenters. The van der Waals surface area contributed by atoms with Crippen molar-refractivity contribution in [3.05, 3.63) is 21.3 Å². The molecule has 12 heavy (non-hydrogen) atoms. The average Bonchev–Trinajstić information content (AvgIpc) is 2.00. The van der Waals surface area contributed by atoms with Crippen LogP contribution in [0.2, 0.25) is 0 Å². The van der Waals surface area contributed by atoms with E-state index in [-0.39, 0.29) is 0 Å². The second-order valence-corrected chi connectivity index (χ2v) is 3.82. The van der Waals surface area contributed by atoms with Gasteiger partial charge in [-0.15, -0.1) is 0 Å². The van der Waals surface area contributed by atoms with Gasteiger partial charge in [-0.3, -0.25) is 4.79 Å². The van der Waals surface area contributed by atoms with Crippen molar-refractivity contribution in [3.8, 4) is 0 Å². The normalized spacial score (nSPS) is 29.2. The summed E-state index contributed by atoms with van der Waals surface area (Å²) in [4.78, 5) is 10.5. The highest BCUT2D eigenvalue weighted by Crippen LogP contribution is 2.31. The number of carbonyl (C=O) groups is 1. The molecule has 0 saturated heterocycles.